The van der Waals surface area contributed by atoms with E-state index >= 15 is 4.39 Å². The zero-order chi connectivity index (χ0) is 22.7. The monoisotopic (exact) mass is 437 g/mol. The number of nitrogens with zero attached hydrogens (tertiary/aromatic N) is 4. The van der Waals surface area contributed by atoms with Gasteiger partial charge in [-0.05, 0) is 62.9 Å². The number of hydrogen-bond acceptors (Lipinski definition) is 5. The first-order valence-electron chi connectivity index (χ1n) is 10.7. The highest BCUT2D eigenvalue weighted by Crippen LogP contribution is 2.49. The lowest BCUT2D eigenvalue weighted by atomic mass is 9.75. The van der Waals surface area contributed by atoms with E-state index in [0.717, 1.165) is 19.0 Å². The zero-order valence-electron chi connectivity index (χ0n) is 18.0. The second-order valence-electron chi connectivity index (χ2n) is 9.45. The topological polar surface area (TPSA) is 75.9 Å². The summed E-state index contributed by atoms with van der Waals surface area (Å²) in [5, 5.41) is 26.4. The third kappa shape index (κ3) is 3.39. The molecule has 0 radical (unpaired) electrons. The highest BCUT2D eigenvalue weighted by Gasteiger charge is 2.55. The maximum Gasteiger partial charge on any atom is 0.161 e. The quantitative estimate of drug-likeness (QED) is 0.631. The van der Waals surface area contributed by atoms with Crippen LogP contribution in [-0.2, 0) is 0 Å². The molecular formula is C24H25F2N5O. The van der Waals surface area contributed by atoms with Crippen LogP contribution in [0.5, 0.6) is 5.75 Å². The molecule has 0 amide bonds. The molecule has 2 aliphatic heterocycles. The van der Waals surface area contributed by atoms with Gasteiger partial charge in [0.15, 0.2) is 5.82 Å². The molecular weight excluding hydrogens is 412 g/mol. The van der Waals surface area contributed by atoms with E-state index in [1.165, 1.54) is 16.9 Å². The Morgan fingerprint density at radius 2 is 2.03 bits per heavy atom. The molecule has 2 aliphatic rings. The Morgan fingerprint density at radius 1 is 1.22 bits per heavy atom. The van der Waals surface area contributed by atoms with E-state index in [2.05, 4.69) is 34.1 Å². The van der Waals surface area contributed by atoms with Crippen LogP contribution < -0.4 is 5.32 Å². The van der Waals surface area contributed by atoms with Crippen molar-refractivity contribution in [1.82, 2.24) is 25.3 Å². The van der Waals surface area contributed by atoms with E-state index < -0.39 is 17.5 Å². The fraction of sp³-hybridized carbons (Fsp3) is 0.375. The number of allylic oxidation sites excluding steroid dienone is 1. The molecule has 2 fully saturated rings. The number of benzene rings is 1. The minimum atomic E-state index is -1.05. The number of aromatic hydroxyl groups is 1. The van der Waals surface area contributed by atoms with Crippen molar-refractivity contribution in [2.24, 2.45) is 5.92 Å². The third-order valence-corrected chi connectivity index (χ3v) is 6.93. The van der Waals surface area contributed by atoms with Gasteiger partial charge in [-0.2, -0.15) is 10.2 Å². The summed E-state index contributed by atoms with van der Waals surface area (Å²) in [6, 6.07) is 8.36. The Morgan fingerprint density at radius 3 is 2.69 bits per heavy atom. The third-order valence-electron chi connectivity index (χ3n) is 6.93. The molecule has 2 bridgehead atoms. The highest BCUT2D eigenvalue weighted by molar-refractivity contribution is 5.70. The van der Waals surface area contributed by atoms with Crippen molar-refractivity contribution in [2.45, 2.75) is 50.4 Å². The van der Waals surface area contributed by atoms with Gasteiger partial charge < -0.3 is 10.4 Å². The Bertz CT molecular complexity index is 1190. The van der Waals surface area contributed by atoms with Gasteiger partial charge in [-0.3, -0.25) is 0 Å². The Labute approximate surface area is 185 Å². The minimum absolute atomic E-state index is 0.0288. The Balaban J connectivity index is 1.38. The molecule has 1 aromatic carbocycles. The van der Waals surface area contributed by atoms with Crippen LogP contribution in [0.2, 0.25) is 0 Å². The van der Waals surface area contributed by atoms with Crippen molar-refractivity contribution in [3.8, 4) is 22.7 Å². The number of rotatable bonds is 4. The van der Waals surface area contributed by atoms with Gasteiger partial charge in [0, 0.05) is 28.6 Å². The summed E-state index contributed by atoms with van der Waals surface area (Å²) >= 11 is 0. The van der Waals surface area contributed by atoms with Crippen molar-refractivity contribution in [1.29, 1.82) is 0 Å². The summed E-state index contributed by atoms with van der Waals surface area (Å²) in [5.41, 5.74) is 2.04. The maximum absolute atomic E-state index is 15.4. The molecule has 2 aromatic heterocycles. The molecule has 32 heavy (non-hydrogen) atoms. The number of hydrogen-bond donors (Lipinski definition) is 2. The molecule has 0 aliphatic carbocycles. The molecule has 6 nitrogen and oxygen atoms in total. The Hall–Kier alpha value is -3.13. The normalized spacial score (nSPS) is 29.2. The molecule has 4 atom stereocenters. The lowest BCUT2D eigenvalue weighted by Crippen LogP contribution is -2.60. The van der Waals surface area contributed by atoms with Gasteiger partial charge in [-0.1, -0.05) is 6.58 Å². The molecule has 0 unspecified atom stereocenters. The van der Waals surface area contributed by atoms with Crippen LogP contribution in [0.15, 0.2) is 49.3 Å². The van der Waals surface area contributed by atoms with Crippen LogP contribution in [0.4, 0.5) is 8.78 Å². The van der Waals surface area contributed by atoms with E-state index in [1.807, 2.05) is 6.92 Å². The molecule has 8 heteroatoms. The summed E-state index contributed by atoms with van der Waals surface area (Å²) in [5.74, 6) is -0.814. The predicted octanol–water partition coefficient (Wildman–Crippen LogP) is 4.45. The van der Waals surface area contributed by atoms with E-state index in [4.69, 9.17) is 0 Å². The van der Waals surface area contributed by atoms with Gasteiger partial charge in [0.2, 0.25) is 0 Å². The summed E-state index contributed by atoms with van der Waals surface area (Å²) in [6.07, 6.45) is 3.69. The fourth-order valence-electron chi connectivity index (χ4n) is 5.20. The maximum atomic E-state index is 15.4. The summed E-state index contributed by atoms with van der Waals surface area (Å²) in [7, 11) is 0. The molecule has 2 saturated heterocycles. The van der Waals surface area contributed by atoms with Crippen molar-refractivity contribution in [3.63, 3.8) is 0 Å². The first kappa shape index (κ1) is 20.8. The number of fused-ring (bicyclic) bond motifs is 2. The lowest BCUT2D eigenvalue weighted by molar-refractivity contribution is 0.0770. The Kier molecular flexibility index (Phi) is 4.67. The number of nitrogens with one attached hydrogen (secondary N) is 1. The molecule has 166 valence electrons. The second kappa shape index (κ2) is 7.20. The molecule has 0 spiro atoms. The van der Waals surface area contributed by atoms with Crippen LogP contribution in [0.1, 0.15) is 38.8 Å². The number of aromatic nitrogens is 4. The summed E-state index contributed by atoms with van der Waals surface area (Å²) in [4.78, 5) is 0. The molecule has 4 heterocycles. The van der Waals surface area contributed by atoms with Crippen LogP contribution in [0.25, 0.3) is 22.5 Å². The van der Waals surface area contributed by atoms with Crippen molar-refractivity contribution >= 4 is 5.57 Å². The number of halogens is 2. The van der Waals surface area contributed by atoms with Gasteiger partial charge in [0.05, 0.1) is 29.5 Å². The number of phenols is 1. The summed E-state index contributed by atoms with van der Waals surface area (Å²) < 4.78 is 29.9. The largest absolute Gasteiger partial charge is 0.507 e. The van der Waals surface area contributed by atoms with E-state index in [9.17, 15) is 9.50 Å². The predicted molar refractivity (Wildman–Crippen MR) is 117 cm³/mol. The van der Waals surface area contributed by atoms with E-state index in [-0.39, 0.29) is 17.2 Å². The molecule has 3 aromatic rings. The lowest BCUT2D eigenvalue weighted by Gasteiger charge is -2.45. The van der Waals surface area contributed by atoms with Crippen LogP contribution in [0, 0.1) is 11.7 Å². The molecule has 5 rings (SSSR count). The van der Waals surface area contributed by atoms with Gasteiger partial charge >= 0.3 is 0 Å². The zero-order valence-corrected chi connectivity index (χ0v) is 18.0. The van der Waals surface area contributed by atoms with Crippen LogP contribution >= 0.6 is 0 Å². The van der Waals surface area contributed by atoms with Crippen molar-refractivity contribution < 1.29 is 13.9 Å². The van der Waals surface area contributed by atoms with E-state index in [0.29, 0.717) is 34.6 Å². The summed E-state index contributed by atoms with van der Waals surface area (Å²) in [6.45, 7) is 8.25. The second-order valence-corrected chi connectivity index (χ2v) is 9.45. The van der Waals surface area contributed by atoms with Crippen molar-refractivity contribution in [3.05, 3.63) is 60.8 Å². The number of piperidine rings is 1. The highest BCUT2D eigenvalue weighted by atomic mass is 19.1. The SMILES string of the molecule is C=C(c1ccc(-c2ccc(-n3cc(F)cn3)cc2O)nn1)[C@H]1C[C@]2(C)CC[C@@](C)(N2)[C@H]1F. The average molecular weight is 437 g/mol. The molecule has 2 N–H and O–H groups in total. The standard InChI is InChI=1S/C24H25F2N5O/c1-14(18-11-23(2)8-9-24(3,30-23)22(18)26)19-6-7-20(29-28-19)17-5-4-16(10-21(17)32)31-13-15(25)12-27-31/h4-7,10,12-13,18,22,30,32H,1,8-9,11H2,2-3H3/t18-,22+,23+,24-/m1/s1. The average Bonchev–Trinajstić information content (AvgIpc) is 3.32. The minimum Gasteiger partial charge on any atom is -0.507 e. The van der Waals surface area contributed by atoms with Gasteiger partial charge in [-0.25, -0.2) is 13.5 Å². The first-order chi connectivity index (χ1) is 15.2. The fourth-order valence-corrected chi connectivity index (χ4v) is 5.20. The van der Waals surface area contributed by atoms with Gasteiger partial charge in [0.1, 0.15) is 11.9 Å². The van der Waals surface area contributed by atoms with Gasteiger partial charge in [-0.15, -0.1) is 5.10 Å². The van der Waals surface area contributed by atoms with Crippen molar-refractivity contribution in [2.75, 3.05) is 0 Å². The molecule has 0 saturated carbocycles. The first-order valence-corrected chi connectivity index (χ1v) is 10.7. The smallest absolute Gasteiger partial charge is 0.161 e. The number of alkyl halides is 1. The van der Waals surface area contributed by atoms with Crippen LogP contribution in [0.3, 0.4) is 0 Å². The van der Waals surface area contributed by atoms with Crippen LogP contribution in [-0.4, -0.2) is 42.3 Å². The van der Waals surface area contributed by atoms with Gasteiger partial charge in [0.25, 0.3) is 0 Å². The van der Waals surface area contributed by atoms with E-state index in [1.54, 1.807) is 24.3 Å². The number of phenolic OH excluding ortho intramolecular Hbond substituents is 1.